The third-order valence-corrected chi connectivity index (χ3v) is 3.88. The highest BCUT2D eigenvalue weighted by Gasteiger charge is 2.39. The normalized spacial score (nSPS) is 34.6. The first-order valence-electron chi connectivity index (χ1n) is 5.76. The smallest absolute Gasteiger partial charge is 0.0824 e. The SMILES string of the molecule is O[C@H](c1ccccc1)[C@H]1C[C@H]2C=C[C@H]1C2. The first-order chi connectivity index (χ1) is 7.34. The van der Waals surface area contributed by atoms with Crippen molar-refractivity contribution in [3.63, 3.8) is 0 Å². The minimum atomic E-state index is -0.272. The maximum atomic E-state index is 10.3. The van der Waals surface area contributed by atoms with Crippen molar-refractivity contribution >= 4 is 0 Å². The number of hydrogen-bond donors (Lipinski definition) is 1. The van der Waals surface area contributed by atoms with Crippen LogP contribution in [0.3, 0.4) is 0 Å². The molecule has 0 saturated heterocycles. The maximum absolute atomic E-state index is 10.3. The third-order valence-electron chi connectivity index (χ3n) is 3.88. The van der Waals surface area contributed by atoms with Crippen molar-refractivity contribution in [3.8, 4) is 0 Å². The highest BCUT2D eigenvalue weighted by atomic mass is 16.3. The predicted molar refractivity (Wildman–Crippen MR) is 60.2 cm³/mol. The van der Waals surface area contributed by atoms with Gasteiger partial charge in [-0.25, -0.2) is 0 Å². The minimum Gasteiger partial charge on any atom is -0.388 e. The van der Waals surface area contributed by atoms with Gasteiger partial charge in [-0.3, -0.25) is 0 Å². The second kappa shape index (κ2) is 3.49. The van der Waals surface area contributed by atoms with Crippen LogP contribution in [0, 0.1) is 17.8 Å². The fraction of sp³-hybridized carbons (Fsp3) is 0.429. The van der Waals surface area contributed by atoms with Crippen LogP contribution >= 0.6 is 0 Å². The fourth-order valence-electron chi connectivity index (χ4n) is 3.08. The molecule has 1 N–H and O–H groups in total. The lowest BCUT2D eigenvalue weighted by Crippen LogP contribution is -2.16. The summed E-state index contributed by atoms with van der Waals surface area (Å²) in [5, 5.41) is 10.3. The number of aliphatic hydroxyl groups excluding tert-OH is 1. The molecule has 0 amide bonds. The van der Waals surface area contributed by atoms with E-state index in [1.54, 1.807) is 0 Å². The van der Waals surface area contributed by atoms with Crippen molar-refractivity contribution in [3.05, 3.63) is 48.0 Å². The molecule has 1 aromatic rings. The van der Waals surface area contributed by atoms with Gasteiger partial charge >= 0.3 is 0 Å². The molecule has 15 heavy (non-hydrogen) atoms. The second-order valence-electron chi connectivity index (χ2n) is 4.80. The average Bonchev–Trinajstić information content (AvgIpc) is 2.91. The molecule has 78 valence electrons. The molecule has 1 nitrogen and oxygen atoms in total. The van der Waals surface area contributed by atoms with Crippen LogP contribution in [0.2, 0.25) is 0 Å². The van der Waals surface area contributed by atoms with Crippen molar-refractivity contribution < 1.29 is 5.11 Å². The minimum absolute atomic E-state index is 0.272. The Hall–Kier alpha value is -1.08. The molecule has 0 spiro atoms. The summed E-state index contributed by atoms with van der Waals surface area (Å²) in [6.45, 7) is 0. The van der Waals surface area contributed by atoms with Crippen molar-refractivity contribution in [2.24, 2.45) is 17.8 Å². The van der Waals surface area contributed by atoms with E-state index in [-0.39, 0.29) is 6.10 Å². The largest absolute Gasteiger partial charge is 0.388 e. The van der Waals surface area contributed by atoms with Gasteiger partial charge in [-0.1, -0.05) is 42.5 Å². The van der Waals surface area contributed by atoms with E-state index in [9.17, 15) is 5.11 Å². The second-order valence-corrected chi connectivity index (χ2v) is 4.80. The molecule has 0 aliphatic heterocycles. The van der Waals surface area contributed by atoms with Gasteiger partial charge in [0, 0.05) is 0 Å². The average molecular weight is 200 g/mol. The number of rotatable bonds is 2. The van der Waals surface area contributed by atoms with Crippen LogP contribution in [-0.2, 0) is 0 Å². The van der Waals surface area contributed by atoms with Crippen LogP contribution in [0.25, 0.3) is 0 Å². The van der Waals surface area contributed by atoms with E-state index in [4.69, 9.17) is 0 Å². The van der Waals surface area contributed by atoms with E-state index < -0.39 is 0 Å². The zero-order chi connectivity index (χ0) is 10.3. The fourth-order valence-corrected chi connectivity index (χ4v) is 3.08. The van der Waals surface area contributed by atoms with Gasteiger partial charge < -0.3 is 5.11 Å². The molecule has 2 bridgehead atoms. The summed E-state index contributed by atoms with van der Waals surface area (Å²) in [6.07, 6.45) is 6.77. The lowest BCUT2D eigenvalue weighted by atomic mass is 9.85. The molecule has 0 unspecified atom stereocenters. The van der Waals surface area contributed by atoms with Gasteiger partial charge in [0.15, 0.2) is 0 Å². The third kappa shape index (κ3) is 1.51. The highest BCUT2D eigenvalue weighted by Crippen LogP contribution is 2.48. The first-order valence-corrected chi connectivity index (χ1v) is 5.76. The summed E-state index contributed by atoms with van der Waals surface area (Å²) < 4.78 is 0. The molecule has 2 aliphatic carbocycles. The molecule has 0 aromatic heterocycles. The predicted octanol–water partition coefficient (Wildman–Crippen LogP) is 2.93. The van der Waals surface area contributed by atoms with Crippen LogP contribution in [0.5, 0.6) is 0 Å². The van der Waals surface area contributed by atoms with E-state index in [2.05, 4.69) is 12.2 Å². The van der Waals surface area contributed by atoms with Crippen LogP contribution < -0.4 is 0 Å². The monoisotopic (exact) mass is 200 g/mol. The Labute approximate surface area is 90.4 Å². The molecule has 0 heterocycles. The zero-order valence-electron chi connectivity index (χ0n) is 8.71. The van der Waals surface area contributed by atoms with Gasteiger partial charge in [0.25, 0.3) is 0 Å². The molecule has 4 atom stereocenters. The molecular formula is C14H16O. The van der Waals surface area contributed by atoms with E-state index in [0.717, 1.165) is 17.9 Å². The quantitative estimate of drug-likeness (QED) is 0.728. The summed E-state index contributed by atoms with van der Waals surface area (Å²) in [5.74, 6) is 1.80. The molecule has 1 saturated carbocycles. The van der Waals surface area contributed by atoms with Crippen molar-refractivity contribution in [1.82, 2.24) is 0 Å². The summed E-state index contributed by atoms with van der Waals surface area (Å²) in [4.78, 5) is 0. The van der Waals surface area contributed by atoms with Crippen LogP contribution in [0.4, 0.5) is 0 Å². The maximum Gasteiger partial charge on any atom is 0.0824 e. The lowest BCUT2D eigenvalue weighted by molar-refractivity contribution is 0.0936. The Bertz CT molecular complexity index is 368. The van der Waals surface area contributed by atoms with E-state index in [1.165, 1.54) is 6.42 Å². The first kappa shape index (κ1) is 9.17. The highest BCUT2D eigenvalue weighted by molar-refractivity contribution is 5.21. The number of benzene rings is 1. The molecular weight excluding hydrogens is 184 g/mol. The van der Waals surface area contributed by atoms with Crippen molar-refractivity contribution in [1.29, 1.82) is 0 Å². The Morgan fingerprint density at radius 1 is 1.07 bits per heavy atom. The molecule has 1 heteroatoms. The summed E-state index contributed by atoms with van der Waals surface area (Å²) in [6, 6.07) is 10.1. The van der Waals surface area contributed by atoms with Gasteiger partial charge in [-0.2, -0.15) is 0 Å². The molecule has 1 aromatic carbocycles. The summed E-state index contributed by atoms with van der Waals surface area (Å²) in [7, 11) is 0. The molecule has 1 fully saturated rings. The Morgan fingerprint density at radius 2 is 1.87 bits per heavy atom. The summed E-state index contributed by atoms with van der Waals surface area (Å²) >= 11 is 0. The molecule has 0 radical (unpaired) electrons. The van der Waals surface area contributed by atoms with Gasteiger partial charge in [0.2, 0.25) is 0 Å². The van der Waals surface area contributed by atoms with E-state index in [0.29, 0.717) is 11.8 Å². The van der Waals surface area contributed by atoms with Gasteiger partial charge in [0.05, 0.1) is 6.10 Å². The number of allylic oxidation sites excluding steroid dienone is 2. The number of fused-ring (bicyclic) bond motifs is 2. The topological polar surface area (TPSA) is 20.2 Å². The van der Waals surface area contributed by atoms with E-state index in [1.807, 2.05) is 30.3 Å². The Kier molecular flexibility index (Phi) is 2.14. The molecule has 3 rings (SSSR count). The van der Waals surface area contributed by atoms with Gasteiger partial charge in [0.1, 0.15) is 0 Å². The number of hydrogen-bond acceptors (Lipinski definition) is 1. The number of aliphatic hydroxyl groups is 1. The van der Waals surface area contributed by atoms with Crippen LogP contribution in [-0.4, -0.2) is 5.11 Å². The van der Waals surface area contributed by atoms with Gasteiger partial charge in [-0.15, -0.1) is 0 Å². The van der Waals surface area contributed by atoms with Crippen molar-refractivity contribution in [2.45, 2.75) is 18.9 Å². The van der Waals surface area contributed by atoms with Crippen molar-refractivity contribution in [2.75, 3.05) is 0 Å². The van der Waals surface area contributed by atoms with Gasteiger partial charge in [-0.05, 0) is 36.2 Å². The van der Waals surface area contributed by atoms with Crippen LogP contribution in [0.15, 0.2) is 42.5 Å². The summed E-state index contributed by atoms with van der Waals surface area (Å²) in [5.41, 5.74) is 1.07. The van der Waals surface area contributed by atoms with Crippen LogP contribution in [0.1, 0.15) is 24.5 Å². The Morgan fingerprint density at radius 3 is 2.47 bits per heavy atom. The van der Waals surface area contributed by atoms with E-state index >= 15 is 0 Å². The Balaban J connectivity index is 1.81. The standard InChI is InChI=1S/C14H16O/c15-14(11-4-2-1-3-5-11)13-9-10-6-7-12(13)8-10/h1-7,10,12-15H,8-9H2/t10-,12-,13-,14+/m0/s1. The lowest BCUT2D eigenvalue weighted by Gasteiger charge is -2.24. The zero-order valence-corrected chi connectivity index (χ0v) is 8.71. The molecule has 2 aliphatic rings.